The molecule has 0 aliphatic carbocycles. The summed E-state index contributed by atoms with van der Waals surface area (Å²) in [5.41, 5.74) is 1.44. The van der Waals surface area contributed by atoms with Crippen molar-refractivity contribution in [3.05, 3.63) is 76.7 Å². The lowest BCUT2D eigenvalue weighted by Gasteiger charge is -2.24. The molecule has 4 heterocycles. The molecule has 1 aliphatic heterocycles. The van der Waals surface area contributed by atoms with Crippen molar-refractivity contribution in [2.45, 2.75) is 25.5 Å². The lowest BCUT2D eigenvalue weighted by molar-refractivity contribution is 0.0497. The molecule has 1 saturated heterocycles. The van der Waals surface area contributed by atoms with Crippen LogP contribution in [-0.4, -0.2) is 49.4 Å². The Morgan fingerprint density at radius 3 is 2.90 bits per heavy atom. The number of pyridine rings is 1. The fourth-order valence-corrected chi connectivity index (χ4v) is 3.84. The average Bonchev–Trinajstić information content (AvgIpc) is 3.42. The third kappa shape index (κ3) is 3.57. The predicted molar refractivity (Wildman–Crippen MR) is 111 cm³/mol. The van der Waals surface area contributed by atoms with Gasteiger partial charge in [-0.25, -0.2) is 9.97 Å². The number of hydrogen-bond acceptors (Lipinski definition) is 5. The molecule has 8 nitrogen and oxygen atoms in total. The lowest BCUT2D eigenvalue weighted by atomic mass is 10.2. The topological polar surface area (TPSA) is 92.6 Å². The van der Waals surface area contributed by atoms with Crippen LogP contribution in [0.15, 0.2) is 59.7 Å². The van der Waals surface area contributed by atoms with Crippen molar-refractivity contribution in [1.82, 2.24) is 24.3 Å². The Morgan fingerprint density at radius 1 is 1.20 bits per heavy atom. The van der Waals surface area contributed by atoms with Crippen molar-refractivity contribution in [3.8, 4) is 0 Å². The van der Waals surface area contributed by atoms with Crippen molar-refractivity contribution in [2.24, 2.45) is 0 Å². The second-order valence-electron chi connectivity index (χ2n) is 7.44. The van der Waals surface area contributed by atoms with Gasteiger partial charge in [0.2, 0.25) is 0 Å². The molecule has 0 bridgehead atoms. The number of aromatic nitrogens is 4. The molecule has 8 heteroatoms. The maximum atomic E-state index is 13.3. The summed E-state index contributed by atoms with van der Waals surface area (Å²) in [4.78, 5) is 39.3. The van der Waals surface area contributed by atoms with E-state index < -0.39 is 0 Å². The zero-order chi connectivity index (χ0) is 20.5. The number of aromatic amines is 1. The number of imidazole rings is 1. The monoisotopic (exact) mass is 403 g/mol. The lowest BCUT2D eigenvalue weighted by Crippen LogP contribution is -2.38. The zero-order valence-electron chi connectivity index (χ0n) is 16.3. The first-order valence-electron chi connectivity index (χ1n) is 10.00. The molecule has 1 aliphatic rings. The summed E-state index contributed by atoms with van der Waals surface area (Å²) in [7, 11) is 0. The van der Waals surface area contributed by atoms with Crippen molar-refractivity contribution in [1.29, 1.82) is 0 Å². The molecule has 152 valence electrons. The van der Waals surface area contributed by atoms with Gasteiger partial charge in [-0.2, -0.15) is 0 Å². The highest BCUT2D eigenvalue weighted by atomic mass is 16.5. The van der Waals surface area contributed by atoms with E-state index in [0.717, 1.165) is 12.8 Å². The third-order valence-corrected chi connectivity index (χ3v) is 5.32. The summed E-state index contributed by atoms with van der Waals surface area (Å²) in [5.74, 6) is 0.221. The van der Waals surface area contributed by atoms with Crippen LogP contribution in [0.5, 0.6) is 0 Å². The van der Waals surface area contributed by atoms with Gasteiger partial charge in [-0.1, -0.05) is 18.2 Å². The number of H-pyrrole nitrogens is 1. The molecular formula is C22H21N5O3. The van der Waals surface area contributed by atoms with Crippen molar-refractivity contribution in [3.63, 3.8) is 0 Å². The van der Waals surface area contributed by atoms with Crippen LogP contribution in [0.25, 0.3) is 16.6 Å². The van der Waals surface area contributed by atoms with Crippen molar-refractivity contribution < 1.29 is 9.53 Å². The smallest absolute Gasteiger partial charge is 0.274 e. The molecule has 5 rings (SSSR count). The first-order chi connectivity index (χ1) is 14.7. The Balaban J connectivity index is 1.48. The molecule has 30 heavy (non-hydrogen) atoms. The van der Waals surface area contributed by atoms with Gasteiger partial charge < -0.3 is 19.0 Å². The van der Waals surface area contributed by atoms with E-state index in [9.17, 15) is 9.59 Å². The maximum absolute atomic E-state index is 13.3. The third-order valence-electron chi connectivity index (χ3n) is 5.32. The number of benzene rings is 1. The number of nitrogens with one attached hydrogen (secondary N) is 1. The number of hydrogen-bond donors (Lipinski definition) is 1. The van der Waals surface area contributed by atoms with Crippen LogP contribution in [0.4, 0.5) is 0 Å². The maximum Gasteiger partial charge on any atom is 0.274 e. The Hall–Kier alpha value is -3.52. The number of carbonyl (C=O) groups excluding carboxylic acids is 1. The number of ether oxygens (including phenoxy) is 1. The fourth-order valence-electron chi connectivity index (χ4n) is 3.84. The number of rotatable bonds is 5. The second-order valence-corrected chi connectivity index (χ2v) is 7.44. The minimum atomic E-state index is -0.218. The van der Waals surface area contributed by atoms with Crippen LogP contribution in [0.3, 0.4) is 0 Å². The van der Waals surface area contributed by atoms with E-state index in [1.54, 1.807) is 29.3 Å². The minimum Gasteiger partial charge on any atom is -0.376 e. The Kier molecular flexibility index (Phi) is 4.76. The van der Waals surface area contributed by atoms with Gasteiger partial charge in [-0.3, -0.25) is 9.59 Å². The van der Waals surface area contributed by atoms with E-state index in [-0.39, 0.29) is 24.1 Å². The summed E-state index contributed by atoms with van der Waals surface area (Å²) in [6, 6.07) is 12.8. The summed E-state index contributed by atoms with van der Waals surface area (Å²) < 4.78 is 7.56. The molecule has 0 spiro atoms. The minimum absolute atomic E-state index is 0.0295. The number of carbonyl (C=O) groups is 1. The first-order valence-corrected chi connectivity index (χ1v) is 10.00. The molecule has 0 saturated carbocycles. The molecular weight excluding hydrogens is 382 g/mol. The molecule has 1 atom stereocenters. The standard InChI is InChI=1S/C22H21N5O3/c28-21-16-7-1-2-8-17(16)23-19(25-21)14-27(12-15-6-5-11-30-15)22(29)18-13-26-10-4-3-9-20(26)24-18/h1-4,7-10,13,15H,5-6,11-12,14H2,(H,23,25,28). The van der Waals surface area contributed by atoms with E-state index in [1.165, 1.54) is 0 Å². The molecule has 1 fully saturated rings. The van der Waals surface area contributed by atoms with E-state index in [4.69, 9.17) is 4.74 Å². The van der Waals surface area contributed by atoms with E-state index in [2.05, 4.69) is 15.0 Å². The quantitative estimate of drug-likeness (QED) is 0.552. The Morgan fingerprint density at radius 2 is 2.07 bits per heavy atom. The van der Waals surface area contributed by atoms with Crippen LogP contribution in [-0.2, 0) is 11.3 Å². The number of fused-ring (bicyclic) bond motifs is 2. The van der Waals surface area contributed by atoms with Crippen molar-refractivity contribution >= 4 is 22.5 Å². The van der Waals surface area contributed by atoms with Crippen LogP contribution < -0.4 is 5.56 Å². The average molecular weight is 403 g/mol. The molecule has 1 aromatic carbocycles. The largest absolute Gasteiger partial charge is 0.376 e. The van der Waals surface area contributed by atoms with E-state index in [0.29, 0.717) is 41.2 Å². The molecule has 4 aromatic rings. The van der Waals surface area contributed by atoms with Gasteiger partial charge in [0, 0.05) is 25.5 Å². The van der Waals surface area contributed by atoms with Gasteiger partial charge in [0.05, 0.1) is 23.6 Å². The highest BCUT2D eigenvalue weighted by Crippen LogP contribution is 2.17. The molecule has 0 radical (unpaired) electrons. The van der Waals surface area contributed by atoms with Gasteiger partial charge in [-0.05, 0) is 37.1 Å². The van der Waals surface area contributed by atoms with Gasteiger partial charge in [0.1, 0.15) is 17.2 Å². The SMILES string of the molecule is O=C(c1cn2ccccc2n1)N(Cc1nc2ccccc2c(=O)[nH]1)CC1CCCO1. The number of nitrogens with zero attached hydrogens (tertiary/aromatic N) is 4. The predicted octanol–water partition coefficient (Wildman–Crippen LogP) is 2.39. The van der Waals surface area contributed by atoms with Gasteiger partial charge >= 0.3 is 0 Å². The van der Waals surface area contributed by atoms with Crippen LogP contribution >= 0.6 is 0 Å². The molecule has 1 amide bonds. The van der Waals surface area contributed by atoms with Crippen LogP contribution in [0.1, 0.15) is 29.2 Å². The van der Waals surface area contributed by atoms with Crippen molar-refractivity contribution in [2.75, 3.05) is 13.2 Å². The first kappa shape index (κ1) is 18.5. The molecule has 1 unspecified atom stereocenters. The fraction of sp³-hybridized carbons (Fsp3) is 0.273. The highest BCUT2D eigenvalue weighted by molar-refractivity contribution is 5.93. The highest BCUT2D eigenvalue weighted by Gasteiger charge is 2.26. The normalized spacial score (nSPS) is 16.3. The summed E-state index contributed by atoms with van der Waals surface area (Å²) in [5, 5.41) is 0.526. The van der Waals surface area contributed by atoms with Gasteiger partial charge in [-0.15, -0.1) is 0 Å². The van der Waals surface area contributed by atoms with Gasteiger partial charge in [0.15, 0.2) is 0 Å². The molecule has 3 aromatic heterocycles. The second kappa shape index (κ2) is 7.72. The Labute approximate surface area is 172 Å². The summed E-state index contributed by atoms with van der Waals surface area (Å²) in [6.07, 6.45) is 5.42. The molecule has 1 N–H and O–H groups in total. The van der Waals surface area contributed by atoms with E-state index >= 15 is 0 Å². The van der Waals surface area contributed by atoms with Crippen LogP contribution in [0.2, 0.25) is 0 Å². The zero-order valence-corrected chi connectivity index (χ0v) is 16.3. The van der Waals surface area contributed by atoms with Gasteiger partial charge in [0.25, 0.3) is 11.5 Å². The number of amides is 1. The van der Waals surface area contributed by atoms with Crippen LogP contribution in [0, 0.1) is 0 Å². The Bertz CT molecular complexity index is 1240. The summed E-state index contributed by atoms with van der Waals surface area (Å²) in [6.45, 7) is 1.29. The summed E-state index contributed by atoms with van der Waals surface area (Å²) >= 11 is 0. The van der Waals surface area contributed by atoms with E-state index in [1.807, 2.05) is 34.9 Å². The number of para-hydroxylation sites is 1.